The van der Waals surface area contributed by atoms with Gasteiger partial charge in [-0.05, 0) is 47.0 Å². The molecule has 1 aromatic carbocycles. The van der Waals surface area contributed by atoms with E-state index in [1.165, 1.54) is 0 Å². The molecule has 2 amide bonds. The van der Waals surface area contributed by atoms with Gasteiger partial charge in [-0.3, -0.25) is 4.79 Å². The van der Waals surface area contributed by atoms with E-state index < -0.39 is 18.0 Å². The number of nitrogens with one attached hydrogen (secondary N) is 1. The third-order valence-corrected chi connectivity index (χ3v) is 3.89. The number of ether oxygens (including phenoxy) is 1. The van der Waals surface area contributed by atoms with E-state index in [1.54, 1.807) is 6.07 Å². The van der Waals surface area contributed by atoms with Crippen molar-refractivity contribution in [2.75, 3.05) is 6.61 Å². The van der Waals surface area contributed by atoms with Crippen LogP contribution in [0.5, 0.6) is 5.75 Å². The lowest BCUT2D eigenvalue weighted by molar-refractivity contribution is -0.118. The molecule has 0 heterocycles. The number of primary amides is 1. The molecule has 1 rings (SSSR count). The fourth-order valence-electron chi connectivity index (χ4n) is 1.68. The summed E-state index contributed by atoms with van der Waals surface area (Å²) in [6.45, 7) is 1.93. The van der Waals surface area contributed by atoms with Crippen LogP contribution in [0, 0.1) is 6.92 Å². The first-order valence-corrected chi connectivity index (χ1v) is 7.33. The molecular formula is C13H16BrClN2O4. The lowest BCUT2D eigenvalue weighted by Gasteiger charge is -2.18. The molecule has 0 bridgehead atoms. The Balaban J connectivity index is 2.71. The molecule has 6 nitrogen and oxygen atoms in total. The Kier molecular flexibility index (Phi) is 6.77. The van der Waals surface area contributed by atoms with Crippen LogP contribution in [0.3, 0.4) is 0 Å². The topological polar surface area (TPSA) is 102 Å². The third kappa shape index (κ3) is 6.22. The van der Waals surface area contributed by atoms with Crippen LogP contribution in [0.25, 0.3) is 0 Å². The largest absolute Gasteiger partial charge is 0.490 e. The molecule has 116 valence electrons. The van der Waals surface area contributed by atoms with Crippen molar-refractivity contribution in [1.29, 1.82) is 0 Å². The summed E-state index contributed by atoms with van der Waals surface area (Å²) in [7, 11) is 0. The van der Waals surface area contributed by atoms with Gasteiger partial charge in [0.25, 0.3) is 0 Å². The Morgan fingerprint density at radius 2 is 2.19 bits per heavy atom. The van der Waals surface area contributed by atoms with Crippen molar-refractivity contribution in [3.05, 3.63) is 27.2 Å². The zero-order valence-corrected chi connectivity index (χ0v) is 13.7. The highest BCUT2D eigenvalue weighted by molar-refractivity contribution is 9.10. The number of amides is 2. The predicted octanol–water partition coefficient (Wildman–Crippen LogP) is 2.69. The van der Waals surface area contributed by atoms with Crippen molar-refractivity contribution in [3.63, 3.8) is 0 Å². The number of nitrogens with two attached hydrogens (primary N) is 1. The van der Waals surface area contributed by atoms with Gasteiger partial charge >= 0.3 is 6.09 Å². The first-order valence-electron chi connectivity index (χ1n) is 6.15. The van der Waals surface area contributed by atoms with Gasteiger partial charge in [-0.2, -0.15) is 0 Å². The normalized spacial score (nSPS) is 11.8. The molecule has 0 aliphatic rings. The van der Waals surface area contributed by atoms with Crippen LogP contribution < -0.4 is 15.8 Å². The van der Waals surface area contributed by atoms with E-state index in [9.17, 15) is 9.59 Å². The van der Waals surface area contributed by atoms with Crippen molar-refractivity contribution in [2.24, 2.45) is 5.73 Å². The number of aryl methyl sites for hydroxylation is 1. The van der Waals surface area contributed by atoms with Gasteiger partial charge in [0.1, 0.15) is 12.4 Å². The van der Waals surface area contributed by atoms with Gasteiger partial charge in [-0.25, -0.2) is 4.79 Å². The van der Waals surface area contributed by atoms with E-state index in [4.69, 9.17) is 27.2 Å². The van der Waals surface area contributed by atoms with Crippen molar-refractivity contribution in [1.82, 2.24) is 5.32 Å². The zero-order chi connectivity index (χ0) is 16.0. The lowest BCUT2D eigenvalue weighted by Crippen LogP contribution is -2.39. The van der Waals surface area contributed by atoms with Crippen LogP contribution >= 0.6 is 27.5 Å². The van der Waals surface area contributed by atoms with Crippen molar-refractivity contribution in [2.45, 2.75) is 25.8 Å². The highest BCUT2D eigenvalue weighted by Crippen LogP contribution is 2.33. The Morgan fingerprint density at radius 3 is 2.76 bits per heavy atom. The molecule has 0 saturated heterocycles. The molecule has 0 spiro atoms. The molecular weight excluding hydrogens is 364 g/mol. The summed E-state index contributed by atoms with van der Waals surface area (Å²) in [5.41, 5.74) is 6.01. The van der Waals surface area contributed by atoms with Crippen LogP contribution in [0.1, 0.15) is 18.4 Å². The van der Waals surface area contributed by atoms with Gasteiger partial charge in [0.05, 0.1) is 11.1 Å². The number of carboxylic acid groups (broad SMARTS) is 1. The average Bonchev–Trinajstić information content (AvgIpc) is 2.37. The standard InChI is InChI=1S/C13H16BrClN2O4/c1-7-4-9(14)12(15)10(5-7)21-6-8(17-13(19)20)2-3-11(16)18/h4-5,8,17H,2-3,6H2,1H3,(H2,16,18)(H,19,20). The van der Waals surface area contributed by atoms with Gasteiger partial charge in [-0.15, -0.1) is 0 Å². The van der Waals surface area contributed by atoms with E-state index in [-0.39, 0.29) is 19.4 Å². The summed E-state index contributed by atoms with van der Waals surface area (Å²) in [4.78, 5) is 21.5. The fourth-order valence-corrected chi connectivity index (χ4v) is 2.40. The van der Waals surface area contributed by atoms with E-state index in [1.807, 2.05) is 13.0 Å². The number of halogens is 2. The predicted molar refractivity (Wildman–Crippen MR) is 82.8 cm³/mol. The van der Waals surface area contributed by atoms with Gasteiger partial charge in [0.2, 0.25) is 5.91 Å². The molecule has 1 aromatic rings. The number of benzene rings is 1. The second-order valence-corrected chi connectivity index (χ2v) is 5.75. The maximum Gasteiger partial charge on any atom is 0.404 e. The maximum atomic E-state index is 10.8. The summed E-state index contributed by atoms with van der Waals surface area (Å²) < 4.78 is 6.25. The fraction of sp³-hybridized carbons (Fsp3) is 0.385. The lowest BCUT2D eigenvalue weighted by atomic mass is 10.1. The second-order valence-electron chi connectivity index (χ2n) is 4.52. The van der Waals surface area contributed by atoms with Crippen molar-refractivity contribution in [3.8, 4) is 5.75 Å². The molecule has 0 aromatic heterocycles. The van der Waals surface area contributed by atoms with Crippen molar-refractivity contribution >= 4 is 39.5 Å². The Labute approximate surface area is 135 Å². The molecule has 0 aliphatic carbocycles. The molecule has 21 heavy (non-hydrogen) atoms. The summed E-state index contributed by atoms with van der Waals surface area (Å²) in [6.07, 6.45) is -0.865. The molecule has 8 heteroatoms. The molecule has 1 atom stereocenters. The van der Waals surface area contributed by atoms with Gasteiger partial charge in [-0.1, -0.05) is 11.6 Å². The summed E-state index contributed by atoms with van der Waals surface area (Å²) in [6, 6.07) is 3.04. The van der Waals surface area contributed by atoms with Gasteiger partial charge < -0.3 is 20.9 Å². The zero-order valence-electron chi connectivity index (χ0n) is 11.4. The van der Waals surface area contributed by atoms with Gasteiger partial charge in [0.15, 0.2) is 0 Å². The molecule has 0 radical (unpaired) electrons. The van der Waals surface area contributed by atoms with E-state index in [0.29, 0.717) is 15.2 Å². The average molecular weight is 380 g/mol. The minimum absolute atomic E-state index is 0.0508. The first kappa shape index (κ1) is 17.6. The Bertz CT molecular complexity index is 539. The summed E-state index contributed by atoms with van der Waals surface area (Å²) >= 11 is 9.41. The number of carbonyl (C=O) groups excluding carboxylic acids is 1. The van der Waals surface area contributed by atoms with Crippen molar-refractivity contribution < 1.29 is 19.4 Å². The van der Waals surface area contributed by atoms with Crippen LogP contribution in [-0.4, -0.2) is 29.8 Å². The number of hydrogen-bond donors (Lipinski definition) is 3. The summed E-state index contributed by atoms with van der Waals surface area (Å²) in [5.74, 6) is -0.0525. The highest BCUT2D eigenvalue weighted by Gasteiger charge is 2.15. The molecule has 0 aliphatic heterocycles. The van der Waals surface area contributed by atoms with Crippen LogP contribution in [0.4, 0.5) is 4.79 Å². The first-order chi connectivity index (χ1) is 9.79. The Morgan fingerprint density at radius 1 is 1.52 bits per heavy atom. The minimum Gasteiger partial charge on any atom is -0.490 e. The third-order valence-electron chi connectivity index (χ3n) is 2.65. The number of carbonyl (C=O) groups is 2. The van der Waals surface area contributed by atoms with Gasteiger partial charge in [0, 0.05) is 10.9 Å². The monoisotopic (exact) mass is 378 g/mol. The number of rotatable bonds is 7. The van der Waals surface area contributed by atoms with Crippen LogP contribution in [-0.2, 0) is 4.79 Å². The minimum atomic E-state index is -1.19. The Hall–Kier alpha value is -1.47. The molecule has 1 unspecified atom stereocenters. The second kappa shape index (κ2) is 8.09. The molecule has 4 N–H and O–H groups in total. The van der Waals surface area contributed by atoms with E-state index in [0.717, 1.165) is 5.56 Å². The quantitative estimate of drug-likeness (QED) is 0.678. The SMILES string of the molecule is Cc1cc(Br)c(Cl)c(OCC(CCC(N)=O)NC(=O)O)c1. The maximum absolute atomic E-state index is 10.8. The summed E-state index contributed by atoms with van der Waals surface area (Å²) in [5, 5.41) is 11.5. The van der Waals surface area contributed by atoms with Crippen LogP contribution in [0.15, 0.2) is 16.6 Å². The highest BCUT2D eigenvalue weighted by atomic mass is 79.9. The smallest absolute Gasteiger partial charge is 0.404 e. The molecule has 0 fully saturated rings. The van der Waals surface area contributed by atoms with E-state index >= 15 is 0 Å². The molecule has 0 saturated carbocycles. The van der Waals surface area contributed by atoms with Crippen LogP contribution in [0.2, 0.25) is 5.02 Å². The van der Waals surface area contributed by atoms with E-state index in [2.05, 4.69) is 21.2 Å². The number of hydrogen-bond acceptors (Lipinski definition) is 3.